The average Bonchev–Trinajstić information content (AvgIpc) is 3.47. The zero-order valence-corrected chi connectivity index (χ0v) is 25.6. The molecule has 0 radical (unpaired) electrons. The topological polar surface area (TPSA) is 101 Å². The fourth-order valence-corrected chi connectivity index (χ4v) is 6.25. The second kappa shape index (κ2) is 11.7. The summed E-state index contributed by atoms with van der Waals surface area (Å²) in [4.78, 5) is 13.9. The van der Waals surface area contributed by atoms with E-state index in [2.05, 4.69) is 14.3 Å². The zero-order chi connectivity index (χ0) is 30.4. The third-order valence-corrected chi connectivity index (χ3v) is 8.42. The molecule has 0 amide bonds. The Balaban J connectivity index is 1.35. The van der Waals surface area contributed by atoms with E-state index < -0.39 is 34.1 Å². The van der Waals surface area contributed by atoms with E-state index in [1.807, 2.05) is 30.3 Å². The van der Waals surface area contributed by atoms with Crippen LogP contribution in [0.3, 0.4) is 0 Å². The summed E-state index contributed by atoms with van der Waals surface area (Å²) in [5, 5.41) is 0.355. The van der Waals surface area contributed by atoms with Crippen molar-refractivity contribution in [2.75, 3.05) is 25.7 Å². The second-order valence-electron chi connectivity index (χ2n) is 11.0. The predicted molar refractivity (Wildman–Crippen MR) is 162 cm³/mol. The molecule has 228 valence electrons. The van der Waals surface area contributed by atoms with E-state index in [1.165, 1.54) is 0 Å². The molecule has 43 heavy (non-hydrogen) atoms. The van der Waals surface area contributed by atoms with E-state index in [-0.39, 0.29) is 19.0 Å². The lowest BCUT2D eigenvalue weighted by atomic mass is 10.1. The minimum atomic E-state index is -3.17. The maximum atomic E-state index is 15.0. The maximum absolute atomic E-state index is 15.0. The number of alkyl halides is 2. The van der Waals surface area contributed by atoms with Crippen molar-refractivity contribution >= 4 is 38.2 Å². The van der Waals surface area contributed by atoms with Gasteiger partial charge in [-0.05, 0) is 43.9 Å². The lowest BCUT2D eigenvalue weighted by molar-refractivity contribution is -0.109. The Morgan fingerprint density at radius 2 is 1.88 bits per heavy atom. The minimum Gasteiger partial charge on any atom is -0.452 e. The SMILES string of the molecule is CC[C@H]1OC[C@@H](Oc2nc3cc(Cl)c(-c4ccc(-c5ccc(N=S(C)(C)=O)cn5)cc4)nc3n2C2CCCCO2)C1(F)F. The number of pyridine rings is 2. The molecule has 2 aliphatic heterocycles. The number of aromatic nitrogens is 4. The summed E-state index contributed by atoms with van der Waals surface area (Å²) in [6.45, 7) is 1.95. The highest BCUT2D eigenvalue weighted by atomic mass is 35.5. The molecule has 0 spiro atoms. The third-order valence-electron chi connectivity index (χ3n) is 7.48. The van der Waals surface area contributed by atoms with Gasteiger partial charge in [-0.3, -0.25) is 9.55 Å². The van der Waals surface area contributed by atoms with Crippen molar-refractivity contribution in [3.63, 3.8) is 0 Å². The molecule has 0 N–H and O–H groups in total. The number of hydrogen-bond acceptors (Lipinski definition) is 8. The van der Waals surface area contributed by atoms with Crippen LogP contribution < -0.4 is 4.74 Å². The van der Waals surface area contributed by atoms with Gasteiger partial charge in [-0.2, -0.15) is 18.1 Å². The first-order chi connectivity index (χ1) is 20.5. The van der Waals surface area contributed by atoms with E-state index in [0.717, 1.165) is 29.7 Å². The van der Waals surface area contributed by atoms with Gasteiger partial charge in [-0.25, -0.2) is 9.19 Å². The molecule has 3 aromatic heterocycles. The van der Waals surface area contributed by atoms with Crippen LogP contribution in [0.15, 0.2) is 53.0 Å². The van der Waals surface area contributed by atoms with Crippen molar-refractivity contribution in [1.29, 1.82) is 0 Å². The van der Waals surface area contributed by atoms with Crippen LogP contribution in [0.4, 0.5) is 14.5 Å². The summed E-state index contributed by atoms with van der Waals surface area (Å²) < 4.78 is 65.0. The molecular formula is C30H32ClF2N5O4S. The standard InChI is InChI=1S/C30H32ClF2N5O4S/c1-4-24-30(32,33)25(17-41-24)42-29-35-23-15-21(31)27(36-28(23)38(29)26-7-5-6-14-40-26)19-10-8-18(9-11-19)22-13-12-20(16-34-22)37-43(2,3)39/h8-13,15-16,24-26H,4-7,14,17H2,1-3H3/t24-,25-,26?/m1/s1. The fraction of sp³-hybridized carbons (Fsp3) is 0.433. The molecule has 2 aliphatic rings. The van der Waals surface area contributed by atoms with Gasteiger partial charge in [0.05, 0.1) is 34.9 Å². The minimum absolute atomic E-state index is 0.00575. The lowest BCUT2D eigenvalue weighted by Gasteiger charge is -2.27. The maximum Gasteiger partial charge on any atom is 0.311 e. The molecule has 5 heterocycles. The molecule has 2 fully saturated rings. The monoisotopic (exact) mass is 631 g/mol. The van der Waals surface area contributed by atoms with Gasteiger partial charge in [0.1, 0.15) is 17.8 Å². The molecule has 1 unspecified atom stereocenters. The summed E-state index contributed by atoms with van der Waals surface area (Å²) in [5.74, 6) is -3.17. The van der Waals surface area contributed by atoms with Gasteiger partial charge in [0.2, 0.25) is 0 Å². The number of fused-ring (bicyclic) bond motifs is 1. The molecule has 6 rings (SSSR count). The molecule has 0 aliphatic carbocycles. The van der Waals surface area contributed by atoms with E-state index in [9.17, 15) is 4.21 Å². The summed E-state index contributed by atoms with van der Waals surface area (Å²) in [7, 11) is -2.28. The Kier molecular flexibility index (Phi) is 8.14. The van der Waals surface area contributed by atoms with Crippen molar-refractivity contribution in [3.05, 3.63) is 53.7 Å². The third kappa shape index (κ3) is 6.11. The van der Waals surface area contributed by atoms with E-state index >= 15 is 8.78 Å². The van der Waals surface area contributed by atoms with Crippen LogP contribution in [0, 0.1) is 0 Å². The van der Waals surface area contributed by atoms with Gasteiger partial charge in [0.25, 0.3) is 0 Å². The highest BCUT2D eigenvalue weighted by Crippen LogP contribution is 2.40. The van der Waals surface area contributed by atoms with Crippen molar-refractivity contribution < 1.29 is 27.2 Å². The van der Waals surface area contributed by atoms with Gasteiger partial charge in [-0.15, -0.1) is 0 Å². The van der Waals surface area contributed by atoms with Crippen LogP contribution in [-0.4, -0.2) is 67.6 Å². The number of ether oxygens (including phenoxy) is 3. The van der Waals surface area contributed by atoms with Crippen LogP contribution in [0.1, 0.15) is 38.8 Å². The largest absolute Gasteiger partial charge is 0.452 e. The summed E-state index contributed by atoms with van der Waals surface area (Å²) in [5.41, 5.74) is 4.25. The number of hydrogen-bond donors (Lipinski definition) is 0. The van der Waals surface area contributed by atoms with Crippen LogP contribution in [0.5, 0.6) is 6.01 Å². The van der Waals surface area contributed by atoms with Crippen LogP contribution in [0.2, 0.25) is 5.02 Å². The Bertz CT molecular complexity index is 1740. The molecule has 13 heteroatoms. The van der Waals surface area contributed by atoms with Crippen molar-refractivity contribution in [2.24, 2.45) is 4.36 Å². The van der Waals surface area contributed by atoms with Crippen molar-refractivity contribution in [1.82, 2.24) is 19.5 Å². The first kappa shape index (κ1) is 29.9. The van der Waals surface area contributed by atoms with Crippen molar-refractivity contribution in [3.8, 4) is 28.5 Å². The Morgan fingerprint density at radius 1 is 1.12 bits per heavy atom. The number of imidazole rings is 1. The molecular weight excluding hydrogens is 600 g/mol. The lowest BCUT2D eigenvalue weighted by Crippen LogP contribution is -2.42. The number of benzene rings is 1. The molecule has 9 nitrogen and oxygen atoms in total. The van der Waals surface area contributed by atoms with E-state index in [1.54, 1.807) is 42.3 Å². The summed E-state index contributed by atoms with van der Waals surface area (Å²) in [6.07, 6.45) is 4.23. The first-order valence-electron chi connectivity index (χ1n) is 14.1. The summed E-state index contributed by atoms with van der Waals surface area (Å²) >= 11 is 6.70. The molecule has 1 aromatic carbocycles. The molecule has 2 saturated heterocycles. The van der Waals surface area contributed by atoms with Gasteiger partial charge >= 0.3 is 11.9 Å². The highest BCUT2D eigenvalue weighted by molar-refractivity contribution is 7.92. The van der Waals surface area contributed by atoms with Gasteiger partial charge in [-0.1, -0.05) is 42.8 Å². The average molecular weight is 632 g/mol. The first-order valence-corrected chi connectivity index (χ1v) is 16.8. The normalized spacial score (nSPS) is 22.1. The quantitative estimate of drug-likeness (QED) is 0.215. The van der Waals surface area contributed by atoms with E-state index in [0.29, 0.717) is 40.6 Å². The Morgan fingerprint density at radius 3 is 2.51 bits per heavy atom. The Labute approximate surface area is 253 Å². The van der Waals surface area contributed by atoms with Crippen molar-refractivity contribution in [2.45, 2.75) is 57.0 Å². The van der Waals surface area contributed by atoms with Gasteiger partial charge in [0.15, 0.2) is 11.8 Å². The fourth-order valence-electron chi connectivity index (χ4n) is 5.38. The predicted octanol–water partition coefficient (Wildman–Crippen LogP) is 7.06. The molecule has 0 bridgehead atoms. The summed E-state index contributed by atoms with van der Waals surface area (Å²) in [6, 6.07) is 12.9. The number of rotatable bonds is 7. The highest BCUT2D eigenvalue weighted by Gasteiger charge is 2.55. The second-order valence-corrected chi connectivity index (χ2v) is 14.0. The van der Waals surface area contributed by atoms with E-state index in [4.69, 9.17) is 30.8 Å². The van der Waals surface area contributed by atoms with Crippen LogP contribution in [0.25, 0.3) is 33.7 Å². The van der Waals surface area contributed by atoms with Gasteiger partial charge in [0, 0.05) is 40.0 Å². The Hall–Kier alpha value is -3.19. The molecule has 4 aromatic rings. The molecule has 3 atom stereocenters. The number of nitrogens with zero attached hydrogens (tertiary/aromatic N) is 5. The zero-order valence-electron chi connectivity index (χ0n) is 24.0. The molecule has 0 saturated carbocycles. The van der Waals surface area contributed by atoms with Crippen LogP contribution in [-0.2, 0) is 19.2 Å². The van der Waals surface area contributed by atoms with Crippen LogP contribution >= 0.6 is 11.6 Å². The number of halogens is 3. The smallest absolute Gasteiger partial charge is 0.311 e. The van der Waals surface area contributed by atoms with Gasteiger partial charge < -0.3 is 14.2 Å².